The molecule has 3 aromatic rings. The fourth-order valence-corrected chi connectivity index (χ4v) is 4.12. The lowest BCUT2D eigenvalue weighted by Gasteiger charge is -2.26. The number of rotatable bonds is 5. The highest BCUT2D eigenvalue weighted by molar-refractivity contribution is 6.46. The van der Waals surface area contributed by atoms with Gasteiger partial charge in [0, 0.05) is 17.3 Å². The number of methoxy groups -OCH3 is 1. The van der Waals surface area contributed by atoms with Gasteiger partial charge >= 0.3 is 0 Å². The summed E-state index contributed by atoms with van der Waals surface area (Å²) in [5.74, 6) is -0.312. The molecule has 0 bridgehead atoms. The summed E-state index contributed by atoms with van der Waals surface area (Å²) in [5.41, 5.74) is 1.51. The standard InChI is InChI=1S/C25H20N2O6/c1-31-18-8-3-2-7-17(18)22-21(23(28)15-9-10-19-20(12-15)33-14-32-19)24(29)25(30)27(22)13-16-6-4-5-11-26-16/h2-12,22,28H,13-14H2,1H3/b23-21+. The topological polar surface area (TPSA) is 98.2 Å². The van der Waals surface area contributed by atoms with Crippen LogP contribution in [0.3, 0.4) is 0 Å². The van der Waals surface area contributed by atoms with Crippen molar-refractivity contribution in [2.45, 2.75) is 12.6 Å². The molecule has 0 radical (unpaired) electrons. The summed E-state index contributed by atoms with van der Waals surface area (Å²) in [6.45, 7) is 0.168. The summed E-state index contributed by atoms with van der Waals surface area (Å²) in [5, 5.41) is 11.2. The number of likely N-dealkylation sites (tertiary alicyclic amines) is 1. The van der Waals surface area contributed by atoms with E-state index in [-0.39, 0.29) is 24.7 Å². The number of ether oxygens (including phenoxy) is 3. The van der Waals surface area contributed by atoms with E-state index in [1.165, 1.54) is 12.0 Å². The van der Waals surface area contributed by atoms with Gasteiger partial charge in [-0.2, -0.15) is 0 Å². The number of aliphatic hydroxyl groups excluding tert-OH is 1. The quantitative estimate of drug-likeness (QED) is 0.366. The van der Waals surface area contributed by atoms with Crippen molar-refractivity contribution in [1.29, 1.82) is 0 Å². The average molecular weight is 444 g/mol. The number of pyridine rings is 1. The third kappa shape index (κ3) is 3.55. The molecule has 3 heterocycles. The smallest absolute Gasteiger partial charge is 0.296 e. The predicted molar refractivity (Wildman–Crippen MR) is 118 cm³/mol. The summed E-state index contributed by atoms with van der Waals surface area (Å²) in [7, 11) is 1.52. The monoisotopic (exact) mass is 444 g/mol. The minimum Gasteiger partial charge on any atom is -0.507 e. The Balaban J connectivity index is 1.67. The summed E-state index contributed by atoms with van der Waals surface area (Å²) >= 11 is 0. The molecule has 1 aromatic heterocycles. The number of para-hydroxylation sites is 1. The number of hydrogen-bond donors (Lipinski definition) is 1. The molecule has 2 aliphatic rings. The van der Waals surface area contributed by atoms with Crippen LogP contribution in [0.1, 0.15) is 22.9 Å². The summed E-state index contributed by atoms with van der Waals surface area (Å²) in [6.07, 6.45) is 1.62. The number of aliphatic hydroxyl groups is 1. The molecule has 0 spiro atoms. The predicted octanol–water partition coefficient (Wildman–Crippen LogP) is 3.44. The number of fused-ring (bicyclic) bond motifs is 1. The molecule has 0 saturated carbocycles. The molecular formula is C25H20N2O6. The SMILES string of the molecule is COc1ccccc1C1/C(=C(\O)c2ccc3c(c2)OCO3)C(=O)C(=O)N1Cc1ccccn1. The fraction of sp³-hybridized carbons (Fsp3) is 0.160. The number of hydrogen-bond acceptors (Lipinski definition) is 7. The molecule has 8 heteroatoms. The molecule has 1 atom stereocenters. The van der Waals surface area contributed by atoms with Gasteiger partial charge < -0.3 is 24.2 Å². The van der Waals surface area contributed by atoms with E-state index in [1.807, 2.05) is 6.07 Å². The second-order valence-corrected chi connectivity index (χ2v) is 7.56. The number of benzene rings is 2. The lowest BCUT2D eigenvalue weighted by Crippen LogP contribution is -2.29. The number of aromatic nitrogens is 1. The molecule has 2 aliphatic heterocycles. The van der Waals surface area contributed by atoms with Crippen LogP contribution in [0.4, 0.5) is 0 Å². The maximum Gasteiger partial charge on any atom is 0.296 e. The van der Waals surface area contributed by atoms with Crippen LogP contribution in [-0.4, -0.2) is 40.6 Å². The summed E-state index contributed by atoms with van der Waals surface area (Å²) in [6, 6.07) is 16.5. The maximum absolute atomic E-state index is 13.2. The molecule has 1 N–H and O–H groups in total. The van der Waals surface area contributed by atoms with Gasteiger partial charge in [0.05, 0.1) is 31.0 Å². The van der Waals surface area contributed by atoms with E-state index in [2.05, 4.69) is 4.98 Å². The molecule has 1 saturated heterocycles. The van der Waals surface area contributed by atoms with Crippen molar-refractivity contribution >= 4 is 17.4 Å². The second-order valence-electron chi connectivity index (χ2n) is 7.56. The zero-order chi connectivity index (χ0) is 22.9. The number of ketones is 1. The zero-order valence-corrected chi connectivity index (χ0v) is 17.7. The Morgan fingerprint density at radius 2 is 1.88 bits per heavy atom. The zero-order valence-electron chi connectivity index (χ0n) is 17.7. The minimum absolute atomic E-state index is 0.0284. The maximum atomic E-state index is 13.2. The molecule has 1 amide bonds. The lowest BCUT2D eigenvalue weighted by molar-refractivity contribution is -0.140. The van der Waals surface area contributed by atoms with Crippen LogP contribution in [0.15, 0.2) is 72.4 Å². The molecule has 33 heavy (non-hydrogen) atoms. The van der Waals surface area contributed by atoms with Gasteiger partial charge in [0.1, 0.15) is 11.5 Å². The number of carbonyl (C=O) groups is 2. The Morgan fingerprint density at radius 3 is 2.67 bits per heavy atom. The van der Waals surface area contributed by atoms with Crippen molar-refractivity contribution in [3.8, 4) is 17.2 Å². The highest BCUT2D eigenvalue weighted by Gasteiger charge is 2.47. The van der Waals surface area contributed by atoms with E-state index in [1.54, 1.807) is 60.8 Å². The van der Waals surface area contributed by atoms with Crippen LogP contribution in [0, 0.1) is 0 Å². The summed E-state index contributed by atoms with van der Waals surface area (Å²) in [4.78, 5) is 32.1. The normalized spacial score (nSPS) is 18.6. The van der Waals surface area contributed by atoms with E-state index in [4.69, 9.17) is 14.2 Å². The Morgan fingerprint density at radius 1 is 1.09 bits per heavy atom. The Hall–Kier alpha value is -4.33. The Kier molecular flexibility index (Phi) is 5.18. The van der Waals surface area contributed by atoms with Gasteiger partial charge in [-0.15, -0.1) is 0 Å². The first kappa shape index (κ1) is 20.6. The van der Waals surface area contributed by atoms with Crippen LogP contribution in [0.2, 0.25) is 0 Å². The largest absolute Gasteiger partial charge is 0.507 e. The van der Waals surface area contributed by atoms with Gasteiger partial charge in [-0.1, -0.05) is 24.3 Å². The third-order valence-electron chi connectivity index (χ3n) is 5.68. The molecular weight excluding hydrogens is 424 g/mol. The molecule has 0 aliphatic carbocycles. The second kappa shape index (κ2) is 8.31. The minimum atomic E-state index is -0.867. The van der Waals surface area contributed by atoms with Crippen LogP contribution in [-0.2, 0) is 16.1 Å². The fourth-order valence-electron chi connectivity index (χ4n) is 4.12. The first-order chi connectivity index (χ1) is 16.1. The van der Waals surface area contributed by atoms with Crippen molar-refractivity contribution in [2.75, 3.05) is 13.9 Å². The Bertz CT molecular complexity index is 1270. The third-order valence-corrected chi connectivity index (χ3v) is 5.68. The van der Waals surface area contributed by atoms with Crippen molar-refractivity contribution in [2.24, 2.45) is 0 Å². The van der Waals surface area contributed by atoms with Gasteiger partial charge in [0.2, 0.25) is 6.79 Å². The van der Waals surface area contributed by atoms with Gasteiger partial charge in [-0.05, 0) is 36.4 Å². The van der Waals surface area contributed by atoms with E-state index >= 15 is 0 Å². The molecule has 1 unspecified atom stereocenters. The summed E-state index contributed by atoms with van der Waals surface area (Å²) < 4.78 is 16.2. The van der Waals surface area contributed by atoms with Gasteiger partial charge in [0.25, 0.3) is 11.7 Å². The van der Waals surface area contributed by atoms with Crippen LogP contribution < -0.4 is 14.2 Å². The molecule has 2 aromatic carbocycles. The van der Waals surface area contributed by atoms with E-state index < -0.39 is 17.7 Å². The number of nitrogens with zero attached hydrogens (tertiary/aromatic N) is 2. The Labute approximate surface area is 189 Å². The highest BCUT2D eigenvalue weighted by Crippen LogP contribution is 2.44. The average Bonchev–Trinajstić information content (AvgIpc) is 3.42. The van der Waals surface area contributed by atoms with Crippen LogP contribution in [0.5, 0.6) is 17.2 Å². The number of carbonyl (C=O) groups excluding carboxylic acids is 2. The van der Waals surface area contributed by atoms with Crippen LogP contribution >= 0.6 is 0 Å². The molecule has 8 nitrogen and oxygen atoms in total. The van der Waals surface area contributed by atoms with E-state index in [9.17, 15) is 14.7 Å². The first-order valence-electron chi connectivity index (χ1n) is 10.3. The molecule has 166 valence electrons. The van der Waals surface area contributed by atoms with Gasteiger partial charge in [-0.25, -0.2) is 0 Å². The van der Waals surface area contributed by atoms with Gasteiger partial charge in [0.15, 0.2) is 11.5 Å². The molecule has 1 fully saturated rings. The van der Waals surface area contributed by atoms with Crippen molar-refractivity contribution in [3.05, 3.63) is 89.3 Å². The van der Waals surface area contributed by atoms with E-state index in [0.29, 0.717) is 34.1 Å². The van der Waals surface area contributed by atoms with Crippen molar-refractivity contribution in [3.63, 3.8) is 0 Å². The van der Waals surface area contributed by atoms with Gasteiger partial charge in [-0.3, -0.25) is 14.6 Å². The lowest BCUT2D eigenvalue weighted by atomic mass is 9.94. The van der Waals surface area contributed by atoms with E-state index in [0.717, 1.165) is 0 Å². The molecule has 5 rings (SSSR count). The number of Topliss-reactive ketones (excluding diaryl/α,β-unsaturated/α-hetero) is 1. The highest BCUT2D eigenvalue weighted by atomic mass is 16.7. The van der Waals surface area contributed by atoms with Crippen molar-refractivity contribution in [1.82, 2.24) is 9.88 Å². The number of amides is 1. The van der Waals surface area contributed by atoms with Crippen LogP contribution in [0.25, 0.3) is 5.76 Å². The van der Waals surface area contributed by atoms with Crippen molar-refractivity contribution < 1.29 is 28.9 Å². The first-order valence-corrected chi connectivity index (χ1v) is 10.3.